The van der Waals surface area contributed by atoms with E-state index in [0.717, 1.165) is 55.3 Å². The van der Waals surface area contributed by atoms with Crippen molar-refractivity contribution in [3.8, 4) is 12.1 Å². The first-order valence-corrected chi connectivity index (χ1v) is 14.6. The highest BCUT2D eigenvalue weighted by atomic mass is 15.1. The van der Waals surface area contributed by atoms with Crippen LogP contribution in [0.4, 0.5) is 17.1 Å². The highest BCUT2D eigenvalue weighted by molar-refractivity contribution is 6.13. The first-order valence-electron chi connectivity index (χ1n) is 14.6. The van der Waals surface area contributed by atoms with Crippen molar-refractivity contribution in [2.45, 2.75) is 6.92 Å². The van der Waals surface area contributed by atoms with Crippen LogP contribution in [0, 0.1) is 29.6 Å². The van der Waals surface area contributed by atoms with Crippen LogP contribution in [0.3, 0.4) is 0 Å². The number of rotatable bonds is 5. The van der Waals surface area contributed by atoms with Crippen molar-refractivity contribution in [1.29, 1.82) is 10.5 Å². The summed E-state index contributed by atoms with van der Waals surface area (Å²) in [6, 6.07) is 50.6. The molecule has 0 aromatic heterocycles. The van der Waals surface area contributed by atoms with Gasteiger partial charge >= 0.3 is 0 Å². The maximum atomic E-state index is 9.92. The summed E-state index contributed by atoms with van der Waals surface area (Å²) < 4.78 is 0. The molecule has 0 aliphatic heterocycles. The van der Waals surface area contributed by atoms with E-state index in [0.29, 0.717) is 11.1 Å². The minimum absolute atomic E-state index is 0.430. The van der Waals surface area contributed by atoms with Crippen molar-refractivity contribution >= 4 is 61.5 Å². The number of nitrogens with zero attached hydrogens (tertiary/aromatic N) is 3. The van der Waals surface area contributed by atoms with E-state index >= 15 is 0 Å². The predicted octanol–water partition coefficient (Wildman–Crippen LogP) is 10.8. The second kappa shape index (κ2) is 11.3. The minimum atomic E-state index is 0.430. The maximum absolute atomic E-state index is 9.92. The van der Waals surface area contributed by atoms with Gasteiger partial charge in [0.05, 0.1) is 16.8 Å². The summed E-state index contributed by atoms with van der Waals surface area (Å²) >= 11 is 0. The zero-order chi connectivity index (χ0) is 30.0. The summed E-state index contributed by atoms with van der Waals surface area (Å²) in [5.74, 6) is 0. The lowest BCUT2D eigenvalue weighted by atomic mass is 9.91. The largest absolute Gasteiger partial charge is 0.310 e. The summed E-state index contributed by atoms with van der Waals surface area (Å²) in [4.78, 5) is 2.30. The molecule has 0 unspecified atom stereocenters. The Morgan fingerprint density at radius 2 is 1.09 bits per heavy atom. The summed E-state index contributed by atoms with van der Waals surface area (Å²) in [6.07, 6.45) is 4.21. The monoisotopic (exact) mass is 561 g/mol. The zero-order valence-corrected chi connectivity index (χ0v) is 24.2. The van der Waals surface area contributed by atoms with Crippen LogP contribution in [0.15, 0.2) is 133 Å². The Morgan fingerprint density at radius 3 is 1.84 bits per heavy atom. The standard InChI is InChI=1S/C41H27N3/c1-28-14-22-35-37(24-28)38-25-30(19-23-36(38)40(27-43)39(35)26-42)16-15-29-17-20-33(21-18-29)44(32-10-3-2-4-11-32)41-13-7-9-31-8-5-6-12-34(31)41/h2-25H,1H3/b16-15+. The van der Waals surface area contributed by atoms with Crippen LogP contribution in [-0.4, -0.2) is 0 Å². The Hall–Kier alpha value is -6.16. The van der Waals surface area contributed by atoms with Crippen molar-refractivity contribution in [3.63, 3.8) is 0 Å². The van der Waals surface area contributed by atoms with Gasteiger partial charge in [0.25, 0.3) is 0 Å². The van der Waals surface area contributed by atoms with Gasteiger partial charge in [-0.2, -0.15) is 10.5 Å². The molecule has 0 atom stereocenters. The normalized spacial score (nSPS) is 11.2. The highest BCUT2D eigenvalue weighted by Gasteiger charge is 2.16. The number of benzene rings is 7. The summed E-state index contributed by atoms with van der Waals surface area (Å²) in [6.45, 7) is 2.04. The molecule has 206 valence electrons. The molecule has 3 nitrogen and oxygen atoms in total. The molecule has 0 bridgehead atoms. The van der Waals surface area contributed by atoms with E-state index in [-0.39, 0.29) is 0 Å². The number of aryl methyl sites for hydroxylation is 1. The zero-order valence-electron chi connectivity index (χ0n) is 24.2. The van der Waals surface area contributed by atoms with Crippen LogP contribution in [0.25, 0.3) is 44.5 Å². The van der Waals surface area contributed by atoms with E-state index in [1.807, 2.05) is 37.3 Å². The van der Waals surface area contributed by atoms with E-state index in [4.69, 9.17) is 0 Å². The second-order valence-corrected chi connectivity index (χ2v) is 10.9. The van der Waals surface area contributed by atoms with Crippen LogP contribution >= 0.6 is 0 Å². The van der Waals surface area contributed by atoms with Gasteiger partial charge in [0.15, 0.2) is 0 Å². The fourth-order valence-corrected chi connectivity index (χ4v) is 6.04. The van der Waals surface area contributed by atoms with Gasteiger partial charge in [-0.05, 0) is 70.6 Å². The molecular weight excluding hydrogens is 534 g/mol. The Labute approximate surface area is 256 Å². The van der Waals surface area contributed by atoms with Crippen LogP contribution in [-0.2, 0) is 0 Å². The number of hydrogen-bond acceptors (Lipinski definition) is 3. The van der Waals surface area contributed by atoms with Crippen molar-refractivity contribution < 1.29 is 0 Å². The van der Waals surface area contributed by atoms with E-state index in [2.05, 4.69) is 132 Å². The maximum Gasteiger partial charge on any atom is 0.101 e. The predicted molar refractivity (Wildman–Crippen MR) is 183 cm³/mol. The number of anilines is 3. The molecule has 0 saturated heterocycles. The van der Waals surface area contributed by atoms with Gasteiger partial charge in [0, 0.05) is 27.5 Å². The third-order valence-electron chi connectivity index (χ3n) is 8.16. The van der Waals surface area contributed by atoms with Crippen LogP contribution in [0.1, 0.15) is 27.8 Å². The quantitative estimate of drug-likeness (QED) is 0.155. The Morgan fingerprint density at radius 1 is 0.500 bits per heavy atom. The average molecular weight is 562 g/mol. The molecule has 44 heavy (non-hydrogen) atoms. The smallest absolute Gasteiger partial charge is 0.101 e. The van der Waals surface area contributed by atoms with Crippen LogP contribution < -0.4 is 4.90 Å². The lowest BCUT2D eigenvalue weighted by Crippen LogP contribution is -2.10. The van der Waals surface area contributed by atoms with E-state index < -0.39 is 0 Å². The molecular formula is C41H27N3. The Balaban J connectivity index is 1.27. The molecule has 7 aromatic carbocycles. The first kappa shape index (κ1) is 26.7. The highest BCUT2D eigenvalue weighted by Crippen LogP contribution is 2.39. The van der Waals surface area contributed by atoms with Gasteiger partial charge in [-0.3, -0.25) is 0 Å². The van der Waals surface area contributed by atoms with E-state index in [9.17, 15) is 10.5 Å². The molecule has 0 aliphatic carbocycles. The Kier molecular flexibility index (Phi) is 6.84. The summed E-state index contributed by atoms with van der Waals surface area (Å²) in [5.41, 5.74) is 7.40. The molecule has 0 amide bonds. The fraction of sp³-hybridized carbons (Fsp3) is 0.0244. The molecule has 3 heteroatoms. The van der Waals surface area contributed by atoms with Gasteiger partial charge in [-0.1, -0.05) is 115 Å². The SMILES string of the molecule is Cc1ccc2c(C#N)c(C#N)c3ccc(/C=C/c4ccc(N(c5ccccc5)c5cccc6ccccc56)cc4)cc3c2c1. The van der Waals surface area contributed by atoms with Crippen molar-refractivity contribution in [3.05, 3.63) is 161 Å². The third kappa shape index (κ3) is 4.74. The summed E-state index contributed by atoms with van der Waals surface area (Å²) in [7, 11) is 0. The van der Waals surface area contributed by atoms with Gasteiger partial charge in [-0.25, -0.2) is 0 Å². The molecule has 0 radical (unpaired) electrons. The summed E-state index contributed by atoms with van der Waals surface area (Å²) in [5, 5.41) is 25.8. The van der Waals surface area contributed by atoms with Gasteiger partial charge in [0.1, 0.15) is 12.1 Å². The number of fused-ring (bicyclic) bond motifs is 4. The molecule has 7 rings (SSSR count). The Bertz CT molecular complexity index is 2300. The topological polar surface area (TPSA) is 50.8 Å². The van der Waals surface area contributed by atoms with Crippen molar-refractivity contribution in [1.82, 2.24) is 0 Å². The third-order valence-corrected chi connectivity index (χ3v) is 8.16. The number of hydrogen-bond donors (Lipinski definition) is 0. The fourth-order valence-electron chi connectivity index (χ4n) is 6.04. The molecule has 0 fully saturated rings. The van der Waals surface area contributed by atoms with E-state index in [1.54, 1.807) is 0 Å². The van der Waals surface area contributed by atoms with Crippen molar-refractivity contribution in [2.75, 3.05) is 4.90 Å². The molecule has 0 heterocycles. The molecule has 0 N–H and O–H groups in total. The van der Waals surface area contributed by atoms with Gasteiger partial charge in [-0.15, -0.1) is 0 Å². The molecule has 0 spiro atoms. The number of nitriles is 2. The van der Waals surface area contributed by atoms with Crippen molar-refractivity contribution in [2.24, 2.45) is 0 Å². The second-order valence-electron chi connectivity index (χ2n) is 10.9. The first-order chi connectivity index (χ1) is 21.6. The van der Waals surface area contributed by atoms with E-state index in [1.165, 1.54) is 10.8 Å². The lowest BCUT2D eigenvalue weighted by Gasteiger charge is -2.27. The van der Waals surface area contributed by atoms with Crippen LogP contribution in [0.5, 0.6) is 0 Å². The number of para-hydroxylation sites is 1. The molecule has 0 saturated carbocycles. The van der Waals surface area contributed by atoms with Gasteiger partial charge < -0.3 is 4.90 Å². The van der Waals surface area contributed by atoms with Crippen LogP contribution in [0.2, 0.25) is 0 Å². The average Bonchev–Trinajstić information content (AvgIpc) is 3.08. The minimum Gasteiger partial charge on any atom is -0.310 e. The molecule has 7 aromatic rings. The molecule has 0 aliphatic rings. The lowest BCUT2D eigenvalue weighted by molar-refractivity contribution is 1.30. The van der Waals surface area contributed by atoms with Gasteiger partial charge in [0.2, 0.25) is 0 Å².